The first kappa shape index (κ1) is 6.58. The predicted octanol–water partition coefficient (Wildman–Crippen LogP) is 0.884. The van der Waals surface area contributed by atoms with Crippen LogP contribution in [0, 0.1) is 0 Å². The minimum atomic E-state index is -0.435. The first-order valence-corrected chi connectivity index (χ1v) is 3.65. The number of ether oxygens (including phenoxy) is 3. The molecule has 10 heavy (non-hydrogen) atoms. The summed E-state index contributed by atoms with van der Waals surface area (Å²) in [6.07, 6.45) is 1.04. The van der Waals surface area contributed by atoms with Crippen LogP contribution < -0.4 is 0 Å². The van der Waals surface area contributed by atoms with Gasteiger partial charge in [-0.05, 0) is 13.8 Å². The summed E-state index contributed by atoms with van der Waals surface area (Å²) in [5.74, 6) is -0.435. The van der Waals surface area contributed by atoms with Crippen molar-refractivity contribution in [3.63, 3.8) is 0 Å². The van der Waals surface area contributed by atoms with Crippen molar-refractivity contribution in [3.8, 4) is 0 Å². The van der Waals surface area contributed by atoms with Crippen LogP contribution in [0.3, 0.4) is 0 Å². The van der Waals surface area contributed by atoms with Gasteiger partial charge in [-0.2, -0.15) is 0 Å². The molecule has 58 valence electrons. The van der Waals surface area contributed by atoms with Crippen LogP contribution in [0.1, 0.15) is 20.3 Å². The third-order valence-corrected chi connectivity index (χ3v) is 1.82. The van der Waals surface area contributed by atoms with E-state index in [1.165, 1.54) is 0 Å². The van der Waals surface area contributed by atoms with Crippen molar-refractivity contribution in [2.75, 3.05) is 6.61 Å². The number of fused-ring (bicyclic) bond motifs is 1. The molecule has 0 saturated carbocycles. The van der Waals surface area contributed by atoms with E-state index in [1.54, 1.807) is 0 Å². The molecular weight excluding hydrogens is 132 g/mol. The van der Waals surface area contributed by atoms with Gasteiger partial charge in [0.1, 0.15) is 6.10 Å². The summed E-state index contributed by atoms with van der Waals surface area (Å²) in [5.41, 5.74) is 0. The predicted molar refractivity (Wildman–Crippen MR) is 34.4 cm³/mol. The van der Waals surface area contributed by atoms with Crippen LogP contribution in [-0.4, -0.2) is 24.8 Å². The van der Waals surface area contributed by atoms with Crippen LogP contribution >= 0.6 is 0 Å². The average Bonchev–Trinajstić information content (AvgIpc) is 2.20. The minimum absolute atomic E-state index is 0.102. The lowest BCUT2D eigenvalue weighted by Crippen LogP contribution is -2.22. The zero-order valence-corrected chi connectivity index (χ0v) is 6.29. The zero-order chi connectivity index (χ0) is 7.19. The summed E-state index contributed by atoms with van der Waals surface area (Å²) in [4.78, 5) is 0. The second kappa shape index (κ2) is 1.94. The molecule has 3 heteroatoms. The van der Waals surface area contributed by atoms with Gasteiger partial charge in [-0.1, -0.05) is 0 Å². The molecule has 2 fully saturated rings. The molecule has 0 spiro atoms. The third kappa shape index (κ3) is 0.944. The quantitative estimate of drug-likeness (QED) is 0.505. The molecule has 0 aromatic carbocycles. The van der Waals surface area contributed by atoms with Crippen molar-refractivity contribution in [1.29, 1.82) is 0 Å². The first-order chi connectivity index (χ1) is 4.67. The van der Waals surface area contributed by atoms with Gasteiger partial charge >= 0.3 is 0 Å². The number of rotatable bonds is 0. The topological polar surface area (TPSA) is 27.7 Å². The van der Waals surface area contributed by atoms with Crippen molar-refractivity contribution < 1.29 is 14.2 Å². The van der Waals surface area contributed by atoms with E-state index in [2.05, 4.69) is 0 Å². The molecule has 0 aromatic heterocycles. The van der Waals surface area contributed by atoms with E-state index >= 15 is 0 Å². The Morgan fingerprint density at radius 2 is 2.10 bits per heavy atom. The van der Waals surface area contributed by atoms with Crippen LogP contribution in [-0.2, 0) is 14.2 Å². The molecule has 0 aliphatic carbocycles. The molecule has 2 rings (SSSR count). The van der Waals surface area contributed by atoms with Gasteiger partial charge in [-0.25, -0.2) is 0 Å². The Balaban J connectivity index is 2.07. The average molecular weight is 144 g/mol. The smallest absolute Gasteiger partial charge is 0.187 e. The molecule has 0 radical (unpaired) electrons. The summed E-state index contributed by atoms with van der Waals surface area (Å²) in [6, 6.07) is 0. The molecule has 0 N–H and O–H groups in total. The van der Waals surface area contributed by atoms with Gasteiger partial charge in [-0.3, -0.25) is 0 Å². The monoisotopic (exact) mass is 144 g/mol. The van der Waals surface area contributed by atoms with Crippen LogP contribution in [0.5, 0.6) is 0 Å². The van der Waals surface area contributed by atoms with Crippen LogP contribution in [0.4, 0.5) is 0 Å². The highest BCUT2D eigenvalue weighted by Crippen LogP contribution is 2.33. The maximum absolute atomic E-state index is 5.53. The lowest BCUT2D eigenvalue weighted by molar-refractivity contribution is -0.192. The highest BCUT2D eigenvalue weighted by Gasteiger charge is 2.44. The molecule has 2 aliphatic rings. The molecule has 0 amide bonds. The highest BCUT2D eigenvalue weighted by molar-refractivity contribution is 4.79. The minimum Gasteiger partial charge on any atom is -0.350 e. The second-order valence-electron chi connectivity index (χ2n) is 3.20. The van der Waals surface area contributed by atoms with E-state index in [-0.39, 0.29) is 12.4 Å². The summed E-state index contributed by atoms with van der Waals surface area (Å²) in [5, 5.41) is 0. The maximum Gasteiger partial charge on any atom is 0.187 e. The highest BCUT2D eigenvalue weighted by atomic mass is 16.8. The SMILES string of the molecule is CC1(C)OC2CCOC2O1. The molecule has 2 unspecified atom stereocenters. The Kier molecular flexibility index (Phi) is 1.27. The van der Waals surface area contributed by atoms with E-state index < -0.39 is 5.79 Å². The maximum atomic E-state index is 5.53. The van der Waals surface area contributed by atoms with Gasteiger partial charge in [0.05, 0.1) is 6.61 Å². The molecular formula is C7H12O3. The van der Waals surface area contributed by atoms with Gasteiger partial charge in [0, 0.05) is 6.42 Å². The van der Waals surface area contributed by atoms with E-state index in [0.717, 1.165) is 13.0 Å². The fourth-order valence-electron chi connectivity index (χ4n) is 1.44. The largest absolute Gasteiger partial charge is 0.350 e. The normalized spacial score (nSPS) is 43.8. The molecule has 2 atom stereocenters. The summed E-state index contributed by atoms with van der Waals surface area (Å²) in [7, 11) is 0. The van der Waals surface area contributed by atoms with Gasteiger partial charge in [0.25, 0.3) is 0 Å². The zero-order valence-electron chi connectivity index (χ0n) is 6.29. The van der Waals surface area contributed by atoms with Crippen molar-refractivity contribution in [3.05, 3.63) is 0 Å². The molecule has 3 nitrogen and oxygen atoms in total. The molecule has 2 heterocycles. The van der Waals surface area contributed by atoms with Crippen molar-refractivity contribution in [2.24, 2.45) is 0 Å². The molecule has 2 aliphatic heterocycles. The van der Waals surface area contributed by atoms with Crippen LogP contribution in [0.25, 0.3) is 0 Å². The lowest BCUT2D eigenvalue weighted by atomic mass is 10.3. The summed E-state index contributed by atoms with van der Waals surface area (Å²) in [6.45, 7) is 4.59. The number of hydrogen-bond donors (Lipinski definition) is 0. The van der Waals surface area contributed by atoms with Crippen LogP contribution in [0.15, 0.2) is 0 Å². The standard InChI is InChI=1S/C7H12O3/c1-7(2)9-5-3-4-8-6(5)10-7/h5-6H,3-4H2,1-2H3. The Morgan fingerprint density at radius 1 is 1.30 bits per heavy atom. The second-order valence-corrected chi connectivity index (χ2v) is 3.20. The van der Waals surface area contributed by atoms with E-state index in [4.69, 9.17) is 14.2 Å². The Hall–Kier alpha value is -0.120. The van der Waals surface area contributed by atoms with Crippen molar-refractivity contribution in [1.82, 2.24) is 0 Å². The molecule has 2 saturated heterocycles. The van der Waals surface area contributed by atoms with E-state index in [9.17, 15) is 0 Å². The van der Waals surface area contributed by atoms with Crippen molar-refractivity contribution >= 4 is 0 Å². The van der Waals surface area contributed by atoms with E-state index in [1.807, 2.05) is 13.8 Å². The van der Waals surface area contributed by atoms with E-state index in [0.29, 0.717) is 0 Å². The van der Waals surface area contributed by atoms with Crippen LogP contribution in [0.2, 0.25) is 0 Å². The van der Waals surface area contributed by atoms with Gasteiger partial charge < -0.3 is 14.2 Å². The number of hydrogen-bond acceptors (Lipinski definition) is 3. The summed E-state index contributed by atoms with van der Waals surface area (Å²) < 4.78 is 16.2. The fraction of sp³-hybridized carbons (Fsp3) is 1.00. The van der Waals surface area contributed by atoms with Gasteiger partial charge in [-0.15, -0.1) is 0 Å². The molecule has 0 aromatic rings. The van der Waals surface area contributed by atoms with Crippen molar-refractivity contribution in [2.45, 2.75) is 38.4 Å². The third-order valence-electron chi connectivity index (χ3n) is 1.82. The molecule has 0 bridgehead atoms. The summed E-state index contributed by atoms with van der Waals surface area (Å²) >= 11 is 0. The Bertz CT molecular complexity index is 130. The Labute approximate surface area is 60.3 Å². The van der Waals surface area contributed by atoms with Gasteiger partial charge in [0.15, 0.2) is 12.1 Å². The Morgan fingerprint density at radius 3 is 2.80 bits per heavy atom. The lowest BCUT2D eigenvalue weighted by Gasteiger charge is -2.17. The van der Waals surface area contributed by atoms with Gasteiger partial charge in [0.2, 0.25) is 0 Å². The fourth-order valence-corrected chi connectivity index (χ4v) is 1.44. The first-order valence-electron chi connectivity index (χ1n) is 3.65.